The zero-order valence-electron chi connectivity index (χ0n) is 16.7. The van der Waals surface area contributed by atoms with Gasteiger partial charge in [-0.25, -0.2) is 13.8 Å². The SMILES string of the molecule is CCN1C(=O)/C(=C\c2ccc(N(CC)CC)cc2)SC1=Nc1ccc(F)cc1F. The Bertz CT molecular complexity index is 953. The zero-order valence-corrected chi connectivity index (χ0v) is 17.5. The fourth-order valence-electron chi connectivity index (χ4n) is 3.07. The second-order valence-electron chi connectivity index (χ2n) is 6.41. The van der Waals surface area contributed by atoms with Crippen LogP contribution in [0.4, 0.5) is 20.2 Å². The Labute approximate surface area is 173 Å². The number of halogens is 2. The molecule has 0 saturated carbocycles. The second kappa shape index (κ2) is 9.22. The first-order valence-corrected chi connectivity index (χ1v) is 10.4. The number of nitrogens with zero attached hydrogens (tertiary/aromatic N) is 3. The number of benzene rings is 2. The Kier molecular flexibility index (Phi) is 6.69. The van der Waals surface area contributed by atoms with Crippen LogP contribution in [0, 0.1) is 11.6 Å². The van der Waals surface area contributed by atoms with E-state index in [4.69, 9.17) is 0 Å². The molecule has 1 aliphatic rings. The van der Waals surface area contributed by atoms with Gasteiger partial charge in [0, 0.05) is 31.4 Å². The lowest BCUT2D eigenvalue weighted by atomic mass is 10.1. The van der Waals surface area contributed by atoms with Crippen molar-refractivity contribution in [3.05, 3.63) is 64.6 Å². The van der Waals surface area contributed by atoms with Crippen molar-refractivity contribution in [2.45, 2.75) is 20.8 Å². The van der Waals surface area contributed by atoms with Crippen LogP contribution in [0.2, 0.25) is 0 Å². The van der Waals surface area contributed by atoms with Gasteiger partial charge in [-0.3, -0.25) is 9.69 Å². The molecule has 0 atom stereocenters. The number of rotatable bonds is 6. The molecular weight excluding hydrogens is 392 g/mol. The van der Waals surface area contributed by atoms with E-state index in [0.717, 1.165) is 36.5 Å². The molecule has 1 aliphatic heterocycles. The minimum atomic E-state index is -0.758. The van der Waals surface area contributed by atoms with E-state index < -0.39 is 11.6 Å². The normalized spacial score (nSPS) is 16.9. The van der Waals surface area contributed by atoms with Crippen molar-refractivity contribution < 1.29 is 13.6 Å². The van der Waals surface area contributed by atoms with Crippen molar-refractivity contribution in [1.82, 2.24) is 4.90 Å². The molecule has 2 aromatic rings. The maximum Gasteiger partial charge on any atom is 0.266 e. The van der Waals surface area contributed by atoms with E-state index in [2.05, 4.69) is 23.7 Å². The van der Waals surface area contributed by atoms with Crippen LogP contribution in [-0.2, 0) is 4.79 Å². The molecule has 1 saturated heterocycles. The van der Waals surface area contributed by atoms with E-state index in [9.17, 15) is 13.6 Å². The predicted molar refractivity (Wildman–Crippen MR) is 116 cm³/mol. The van der Waals surface area contributed by atoms with Gasteiger partial charge in [0.25, 0.3) is 5.91 Å². The van der Waals surface area contributed by atoms with Gasteiger partial charge in [0.15, 0.2) is 11.0 Å². The summed E-state index contributed by atoms with van der Waals surface area (Å²) in [6.45, 7) is 8.31. The van der Waals surface area contributed by atoms with Crippen LogP contribution in [-0.4, -0.2) is 35.6 Å². The molecule has 0 spiro atoms. The van der Waals surface area contributed by atoms with Crippen LogP contribution in [0.25, 0.3) is 6.08 Å². The van der Waals surface area contributed by atoms with Gasteiger partial charge in [0.2, 0.25) is 0 Å². The molecule has 3 rings (SSSR count). The van der Waals surface area contributed by atoms with Crippen LogP contribution in [0.3, 0.4) is 0 Å². The molecule has 0 unspecified atom stereocenters. The molecular formula is C22H23F2N3OS. The summed E-state index contributed by atoms with van der Waals surface area (Å²) in [4.78, 5) is 21.2. The lowest BCUT2D eigenvalue weighted by Crippen LogP contribution is -2.28. The molecule has 1 fully saturated rings. The van der Waals surface area contributed by atoms with Crippen LogP contribution >= 0.6 is 11.8 Å². The summed E-state index contributed by atoms with van der Waals surface area (Å²) < 4.78 is 27.1. The van der Waals surface area contributed by atoms with E-state index in [1.165, 1.54) is 22.7 Å². The third-order valence-electron chi connectivity index (χ3n) is 4.65. The van der Waals surface area contributed by atoms with E-state index >= 15 is 0 Å². The van der Waals surface area contributed by atoms with Crippen molar-refractivity contribution in [3.8, 4) is 0 Å². The summed E-state index contributed by atoms with van der Waals surface area (Å²) >= 11 is 1.19. The van der Waals surface area contributed by atoms with Crippen molar-refractivity contribution >= 4 is 40.3 Å². The average molecular weight is 416 g/mol. The smallest absolute Gasteiger partial charge is 0.266 e. The largest absolute Gasteiger partial charge is 0.372 e. The second-order valence-corrected chi connectivity index (χ2v) is 7.42. The van der Waals surface area contributed by atoms with Crippen molar-refractivity contribution in [2.24, 2.45) is 4.99 Å². The van der Waals surface area contributed by atoms with Gasteiger partial charge < -0.3 is 4.90 Å². The molecule has 152 valence electrons. The molecule has 1 amide bonds. The zero-order chi connectivity index (χ0) is 21.0. The highest BCUT2D eigenvalue weighted by molar-refractivity contribution is 8.18. The van der Waals surface area contributed by atoms with Gasteiger partial charge >= 0.3 is 0 Å². The summed E-state index contributed by atoms with van der Waals surface area (Å²) in [5, 5.41) is 0.383. The van der Waals surface area contributed by atoms with E-state index in [0.29, 0.717) is 16.6 Å². The van der Waals surface area contributed by atoms with Gasteiger partial charge in [-0.2, -0.15) is 0 Å². The lowest BCUT2D eigenvalue weighted by molar-refractivity contribution is -0.122. The topological polar surface area (TPSA) is 35.9 Å². The molecule has 4 nitrogen and oxygen atoms in total. The standard InChI is InChI=1S/C22H23F2N3OS/c1-4-26(5-2)17-10-7-15(8-11-17)13-20-21(28)27(6-3)22(29-20)25-19-12-9-16(23)14-18(19)24/h7-14H,4-6H2,1-3H3/b20-13+,25-22?. The lowest BCUT2D eigenvalue weighted by Gasteiger charge is -2.20. The van der Waals surface area contributed by atoms with Crippen LogP contribution < -0.4 is 4.90 Å². The average Bonchev–Trinajstić information content (AvgIpc) is 3.00. The maximum atomic E-state index is 14.0. The molecule has 29 heavy (non-hydrogen) atoms. The number of thioether (sulfide) groups is 1. The first-order chi connectivity index (χ1) is 14.0. The molecule has 1 heterocycles. The van der Waals surface area contributed by atoms with Crippen LogP contribution in [0.15, 0.2) is 52.4 Å². The minimum absolute atomic E-state index is 0.00461. The molecule has 0 bridgehead atoms. The molecule has 0 aliphatic carbocycles. The third kappa shape index (κ3) is 4.67. The molecule has 2 aromatic carbocycles. The summed E-state index contributed by atoms with van der Waals surface area (Å²) in [6, 6.07) is 11.2. The number of hydrogen-bond acceptors (Lipinski definition) is 4. The molecule has 0 N–H and O–H groups in total. The number of carbonyl (C=O) groups is 1. The van der Waals surface area contributed by atoms with Gasteiger partial charge in [0.1, 0.15) is 11.5 Å². The van der Waals surface area contributed by atoms with Gasteiger partial charge in [0.05, 0.1) is 4.91 Å². The Balaban J connectivity index is 1.87. The third-order valence-corrected chi connectivity index (χ3v) is 5.66. The number of aliphatic imine (C=N–C) groups is 1. The van der Waals surface area contributed by atoms with Crippen molar-refractivity contribution in [1.29, 1.82) is 0 Å². The van der Waals surface area contributed by atoms with Crippen molar-refractivity contribution in [3.63, 3.8) is 0 Å². The minimum Gasteiger partial charge on any atom is -0.372 e. The quantitative estimate of drug-likeness (QED) is 0.590. The molecule has 0 radical (unpaired) electrons. The van der Waals surface area contributed by atoms with Crippen LogP contribution in [0.5, 0.6) is 0 Å². The molecule has 7 heteroatoms. The van der Waals surface area contributed by atoms with Crippen LogP contribution in [0.1, 0.15) is 26.3 Å². The first kappa shape index (κ1) is 21.0. The van der Waals surface area contributed by atoms with Gasteiger partial charge in [-0.05, 0) is 68.4 Å². The number of anilines is 1. The van der Waals surface area contributed by atoms with Gasteiger partial charge in [-0.1, -0.05) is 12.1 Å². The summed E-state index contributed by atoms with van der Waals surface area (Å²) in [7, 11) is 0. The number of carbonyl (C=O) groups excluding carboxylic acids is 1. The fourth-order valence-corrected chi connectivity index (χ4v) is 4.12. The Morgan fingerprint density at radius 3 is 2.34 bits per heavy atom. The number of amides is 1. The highest BCUT2D eigenvalue weighted by Gasteiger charge is 2.32. The van der Waals surface area contributed by atoms with Crippen molar-refractivity contribution in [2.75, 3.05) is 24.5 Å². The number of likely N-dealkylation sites (N-methyl/N-ethyl adjacent to an activating group) is 1. The Morgan fingerprint density at radius 1 is 1.07 bits per heavy atom. The highest BCUT2D eigenvalue weighted by Crippen LogP contribution is 2.34. The van der Waals surface area contributed by atoms with Gasteiger partial charge in [-0.15, -0.1) is 0 Å². The van der Waals surface area contributed by atoms with E-state index in [1.807, 2.05) is 37.3 Å². The monoisotopic (exact) mass is 415 g/mol. The Morgan fingerprint density at radius 2 is 1.76 bits per heavy atom. The van der Waals surface area contributed by atoms with E-state index in [1.54, 1.807) is 0 Å². The predicted octanol–water partition coefficient (Wildman–Crippen LogP) is 5.43. The summed E-state index contributed by atoms with van der Waals surface area (Å²) in [6.07, 6.45) is 1.81. The van der Waals surface area contributed by atoms with E-state index in [-0.39, 0.29) is 11.6 Å². The summed E-state index contributed by atoms with van der Waals surface area (Å²) in [5.74, 6) is -1.60. The number of hydrogen-bond donors (Lipinski definition) is 0. The summed E-state index contributed by atoms with van der Waals surface area (Å²) in [5.41, 5.74) is 2.04. The molecule has 0 aromatic heterocycles. The number of amidine groups is 1. The Hall–Kier alpha value is -2.67. The highest BCUT2D eigenvalue weighted by atomic mass is 32.2. The fraction of sp³-hybridized carbons (Fsp3) is 0.273. The first-order valence-electron chi connectivity index (χ1n) is 9.57. The maximum absolute atomic E-state index is 14.0.